The summed E-state index contributed by atoms with van der Waals surface area (Å²) in [4.78, 5) is 0. The first-order valence-corrected chi connectivity index (χ1v) is 4.91. The third-order valence-electron chi connectivity index (χ3n) is 2.80. The maximum absolute atomic E-state index is 5.37. The van der Waals surface area contributed by atoms with Crippen molar-refractivity contribution in [1.29, 1.82) is 0 Å². The van der Waals surface area contributed by atoms with Gasteiger partial charge in [0, 0.05) is 6.61 Å². The Labute approximate surface area is 76.7 Å². The lowest BCUT2D eigenvalue weighted by Gasteiger charge is -2.26. The van der Waals surface area contributed by atoms with Crippen molar-refractivity contribution in [3.05, 3.63) is 0 Å². The van der Waals surface area contributed by atoms with Gasteiger partial charge < -0.3 is 4.74 Å². The molecule has 0 radical (unpaired) electrons. The minimum absolute atomic E-state index is 0.480. The highest BCUT2D eigenvalue weighted by Gasteiger charge is 2.18. The third kappa shape index (κ3) is 4.73. The molecular formula is C10H23NO. The first-order valence-electron chi connectivity index (χ1n) is 4.91. The van der Waals surface area contributed by atoms with Crippen molar-refractivity contribution in [3.63, 3.8) is 0 Å². The highest BCUT2D eigenvalue weighted by Crippen LogP contribution is 2.29. The van der Waals surface area contributed by atoms with E-state index in [0.717, 1.165) is 6.61 Å². The molecule has 0 atom stereocenters. The molecular weight excluding hydrogens is 150 g/mol. The molecule has 0 heterocycles. The number of hydrogen-bond acceptors (Lipinski definition) is 2. The van der Waals surface area contributed by atoms with Gasteiger partial charge in [-0.1, -0.05) is 33.6 Å². The Morgan fingerprint density at radius 1 is 1.25 bits per heavy atom. The molecule has 2 heteroatoms. The van der Waals surface area contributed by atoms with Crippen LogP contribution in [0.2, 0.25) is 0 Å². The molecule has 12 heavy (non-hydrogen) atoms. The Balaban J connectivity index is 3.45. The third-order valence-corrected chi connectivity index (χ3v) is 2.80. The van der Waals surface area contributed by atoms with Crippen LogP contribution in [0, 0.1) is 5.41 Å². The number of ether oxygens (including phenoxy) is 1. The standard InChI is InChI=1S/C10H23NO/c1-5-10(3,6-2)7-8-12-9-11-4/h11H,5-9H2,1-4H3. The Kier molecular flexibility index (Phi) is 6.39. The molecule has 0 spiro atoms. The van der Waals surface area contributed by atoms with Crippen molar-refractivity contribution >= 4 is 0 Å². The Morgan fingerprint density at radius 2 is 1.83 bits per heavy atom. The molecule has 0 saturated carbocycles. The summed E-state index contributed by atoms with van der Waals surface area (Å²) in [5, 5.41) is 2.97. The molecule has 0 fully saturated rings. The zero-order chi connectivity index (χ0) is 9.45. The number of rotatable bonds is 7. The van der Waals surface area contributed by atoms with Crippen LogP contribution < -0.4 is 5.32 Å². The maximum atomic E-state index is 5.37. The minimum Gasteiger partial charge on any atom is -0.366 e. The highest BCUT2D eigenvalue weighted by atomic mass is 16.5. The first-order chi connectivity index (χ1) is 5.68. The van der Waals surface area contributed by atoms with Gasteiger partial charge in [-0.15, -0.1) is 0 Å². The molecule has 0 rings (SSSR count). The van der Waals surface area contributed by atoms with Gasteiger partial charge in [0.15, 0.2) is 0 Å². The van der Waals surface area contributed by atoms with Gasteiger partial charge >= 0.3 is 0 Å². The van der Waals surface area contributed by atoms with Gasteiger partial charge in [-0.05, 0) is 18.9 Å². The zero-order valence-electron chi connectivity index (χ0n) is 8.94. The van der Waals surface area contributed by atoms with Crippen LogP contribution >= 0.6 is 0 Å². The van der Waals surface area contributed by atoms with E-state index in [-0.39, 0.29) is 0 Å². The Morgan fingerprint density at radius 3 is 2.25 bits per heavy atom. The van der Waals surface area contributed by atoms with E-state index in [9.17, 15) is 0 Å². The van der Waals surface area contributed by atoms with Crippen molar-refractivity contribution in [2.75, 3.05) is 20.4 Å². The Bertz CT molecular complexity index is 100. The Hall–Kier alpha value is -0.0800. The maximum Gasteiger partial charge on any atom is 0.0962 e. The second-order valence-corrected chi connectivity index (χ2v) is 3.67. The van der Waals surface area contributed by atoms with Gasteiger partial charge in [0.25, 0.3) is 0 Å². The number of nitrogens with one attached hydrogen (secondary N) is 1. The molecule has 74 valence electrons. The predicted molar refractivity (Wildman–Crippen MR) is 53.2 cm³/mol. The summed E-state index contributed by atoms with van der Waals surface area (Å²) in [6.07, 6.45) is 3.65. The molecule has 0 aliphatic carbocycles. The van der Waals surface area contributed by atoms with Crippen LogP contribution in [0.1, 0.15) is 40.0 Å². The van der Waals surface area contributed by atoms with Crippen molar-refractivity contribution in [1.82, 2.24) is 5.32 Å². The quantitative estimate of drug-likeness (QED) is 0.471. The average molecular weight is 173 g/mol. The van der Waals surface area contributed by atoms with E-state index in [1.165, 1.54) is 19.3 Å². The zero-order valence-corrected chi connectivity index (χ0v) is 8.94. The molecule has 0 aromatic carbocycles. The molecule has 0 aromatic rings. The highest BCUT2D eigenvalue weighted by molar-refractivity contribution is 4.69. The van der Waals surface area contributed by atoms with Crippen molar-refractivity contribution in [3.8, 4) is 0 Å². The SMILES string of the molecule is CCC(C)(CC)CCOCNC. The van der Waals surface area contributed by atoms with Crippen LogP contribution in [-0.2, 0) is 4.74 Å². The van der Waals surface area contributed by atoms with E-state index in [2.05, 4.69) is 26.1 Å². The fourth-order valence-corrected chi connectivity index (χ4v) is 1.10. The van der Waals surface area contributed by atoms with Gasteiger partial charge in [-0.3, -0.25) is 5.32 Å². The first kappa shape index (κ1) is 11.9. The van der Waals surface area contributed by atoms with Gasteiger partial charge in [0.2, 0.25) is 0 Å². The summed E-state index contributed by atoms with van der Waals surface area (Å²) < 4.78 is 5.37. The van der Waals surface area contributed by atoms with Crippen LogP contribution in [0.3, 0.4) is 0 Å². The lowest BCUT2D eigenvalue weighted by Crippen LogP contribution is -2.19. The molecule has 0 unspecified atom stereocenters. The van der Waals surface area contributed by atoms with E-state index in [0.29, 0.717) is 12.1 Å². The van der Waals surface area contributed by atoms with Crippen LogP contribution in [0.4, 0.5) is 0 Å². The van der Waals surface area contributed by atoms with Crippen LogP contribution in [0.25, 0.3) is 0 Å². The topological polar surface area (TPSA) is 21.3 Å². The number of hydrogen-bond donors (Lipinski definition) is 1. The van der Waals surface area contributed by atoms with E-state index < -0.39 is 0 Å². The summed E-state index contributed by atoms with van der Waals surface area (Å²) in [6, 6.07) is 0. The van der Waals surface area contributed by atoms with Gasteiger partial charge in [0.1, 0.15) is 0 Å². The minimum atomic E-state index is 0.480. The van der Waals surface area contributed by atoms with Gasteiger partial charge in [0.05, 0.1) is 6.73 Å². The van der Waals surface area contributed by atoms with Crippen LogP contribution in [0.15, 0.2) is 0 Å². The van der Waals surface area contributed by atoms with E-state index >= 15 is 0 Å². The average Bonchev–Trinajstić information content (AvgIpc) is 2.12. The molecule has 0 aliphatic rings. The second kappa shape index (κ2) is 6.44. The molecule has 0 amide bonds. The van der Waals surface area contributed by atoms with Gasteiger partial charge in [-0.25, -0.2) is 0 Å². The fraction of sp³-hybridized carbons (Fsp3) is 1.00. The summed E-state index contributed by atoms with van der Waals surface area (Å²) in [7, 11) is 1.90. The lowest BCUT2D eigenvalue weighted by molar-refractivity contribution is 0.0866. The molecule has 0 bridgehead atoms. The summed E-state index contributed by atoms with van der Waals surface area (Å²) in [6.45, 7) is 8.38. The smallest absolute Gasteiger partial charge is 0.0962 e. The lowest BCUT2D eigenvalue weighted by atomic mass is 9.82. The molecule has 0 saturated heterocycles. The van der Waals surface area contributed by atoms with Crippen LogP contribution in [0.5, 0.6) is 0 Å². The molecule has 2 nitrogen and oxygen atoms in total. The molecule has 0 aliphatic heterocycles. The van der Waals surface area contributed by atoms with Crippen molar-refractivity contribution in [2.45, 2.75) is 40.0 Å². The largest absolute Gasteiger partial charge is 0.366 e. The van der Waals surface area contributed by atoms with Crippen molar-refractivity contribution in [2.24, 2.45) is 5.41 Å². The summed E-state index contributed by atoms with van der Waals surface area (Å²) >= 11 is 0. The monoisotopic (exact) mass is 173 g/mol. The van der Waals surface area contributed by atoms with E-state index in [1.807, 2.05) is 7.05 Å². The van der Waals surface area contributed by atoms with Crippen molar-refractivity contribution < 1.29 is 4.74 Å². The summed E-state index contributed by atoms with van der Waals surface area (Å²) in [5.74, 6) is 0. The summed E-state index contributed by atoms with van der Waals surface area (Å²) in [5.41, 5.74) is 0.480. The van der Waals surface area contributed by atoms with Gasteiger partial charge in [-0.2, -0.15) is 0 Å². The molecule has 1 N–H and O–H groups in total. The van der Waals surface area contributed by atoms with E-state index in [4.69, 9.17) is 4.74 Å². The second-order valence-electron chi connectivity index (χ2n) is 3.67. The normalized spacial score (nSPS) is 12.0. The molecule has 0 aromatic heterocycles. The van der Waals surface area contributed by atoms with Crippen LogP contribution in [-0.4, -0.2) is 20.4 Å². The predicted octanol–water partition coefficient (Wildman–Crippen LogP) is 2.40. The fourth-order valence-electron chi connectivity index (χ4n) is 1.10. The van der Waals surface area contributed by atoms with E-state index in [1.54, 1.807) is 0 Å².